The standard InChI is InChI=1S/C18H20F2N2O3S/c19-15-5-7-16(8-6-15)26(23,24)22-11-9-21(10-12-22)13-14-25-18-4-2-1-3-17(18)20/h1-8H,9-14H2. The van der Waals surface area contributed by atoms with Gasteiger partial charge in [-0.15, -0.1) is 0 Å². The fourth-order valence-corrected chi connectivity index (χ4v) is 4.22. The zero-order valence-corrected chi connectivity index (χ0v) is 15.0. The zero-order valence-electron chi connectivity index (χ0n) is 14.1. The predicted molar refractivity (Wildman–Crippen MR) is 93.5 cm³/mol. The van der Waals surface area contributed by atoms with Crippen molar-refractivity contribution in [1.82, 2.24) is 9.21 Å². The summed E-state index contributed by atoms with van der Waals surface area (Å²) in [5.41, 5.74) is 0. The van der Waals surface area contributed by atoms with Crippen LogP contribution in [-0.4, -0.2) is 57.0 Å². The first-order chi connectivity index (χ1) is 12.5. The monoisotopic (exact) mass is 382 g/mol. The van der Waals surface area contributed by atoms with Gasteiger partial charge in [0, 0.05) is 32.7 Å². The second-order valence-electron chi connectivity index (χ2n) is 5.98. The highest BCUT2D eigenvalue weighted by Gasteiger charge is 2.28. The highest BCUT2D eigenvalue weighted by molar-refractivity contribution is 7.89. The van der Waals surface area contributed by atoms with Crippen molar-refractivity contribution in [3.8, 4) is 5.75 Å². The molecule has 1 aliphatic heterocycles. The Balaban J connectivity index is 1.49. The Kier molecular flexibility index (Phi) is 5.85. The molecule has 0 spiro atoms. The van der Waals surface area contributed by atoms with Crippen LogP contribution in [0.25, 0.3) is 0 Å². The quantitative estimate of drug-likeness (QED) is 0.770. The lowest BCUT2D eigenvalue weighted by molar-refractivity contribution is 0.157. The van der Waals surface area contributed by atoms with Gasteiger partial charge in [-0.2, -0.15) is 4.31 Å². The summed E-state index contributed by atoms with van der Waals surface area (Å²) in [6, 6.07) is 11.1. The van der Waals surface area contributed by atoms with E-state index in [9.17, 15) is 17.2 Å². The number of ether oxygens (including phenoxy) is 1. The topological polar surface area (TPSA) is 49.9 Å². The van der Waals surface area contributed by atoms with Gasteiger partial charge in [-0.1, -0.05) is 12.1 Å². The number of hydrogen-bond acceptors (Lipinski definition) is 4. The second kappa shape index (κ2) is 8.11. The molecule has 2 aromatic carbocycles. The molecular weight excluding hydrogens is 362 g/mol. The average Bonchev–Trinajstić information content (AvgIpc) is 2.64. The molecule has 140 valence electrons. The third-order valence-corrected chi connectivity index (χ3v) is 6.20. The maximum Gasteiger partial charge on any atom is 0.243 e. The summed E-state index contributed by atoms with van der Waals surface area (Å²) in [6.07, 6.45) is 0. The van der Waals surface area contributed by atoms with E-state index >= 15 is 0 Å². The van der Waals surface area contributed by atoms with Gasteiger partial charge >= 0.3 is 0 Å². The molecule has 0 aromatic heterocycles. The third-order valence-electron chi connectivity index (χ3n) is 4.28. The summed E-state index contributed by atoms with van der Waals surface area (Å²) < 4.78 is 58.4. The Morgan fingerprint density at radius 3 is 2.23 bits per heavy atom. The molecule has 2 aromatic rings. The molecule has 5 nitrogen and oxygen atoms in total. The van der Waals surface area contributed by atoms with Gasteiger partial charge < -0.3 is 4.74 Å². The van der Waals surface area contributed by atoms with E-state index in [0.717, 1.165) is 12.1 Å². The van der Waals surface area contributed by atoms with Crippen LogP contribution in [-0.2, 0) is 10.0 Å². The van der Waals surface area contributed by atoms with Crippen molar-refractivity contribution >= 4 is 10.0 Å². The molecule has 0 unspecified atom stereocenters. The Hall–Kier alpha value is -2.03. The van der Waals surface area contributed by atoms with Crippen molar-refractivity contribution in [2.24, 2.45) is 0 Å². The Morgan fingerprint density at radius 1 is 0.923 bits per heavy atom. The largest absolute Gasteiger partial charge is 0.489 e. The van der Waals surface area contributed by atoms with Crippen LogP contribution in [0.4, 0.5) is 8.78 Å². The molecule has 26 heavy (non-hydrogen) atoms. The molecule has 3 rings (SSSR count). The van der Waals surface area contributed by atoms with Crippen molar-refractivity contribution in [2.45, 2.75) is 4.90 Å². The summed E-state index contributed by atoms with van der Waals surface area (Å²) in [5.74, 6) is -0.656. The first kappa shape index (κ1) is 18.8. The molecule has 0 radical (unpaired) electrons. The molecule has 0 amide bonds. The number of nitrogens with zero attached hydrogens (tertiary/aromatic N) is 2. The van der Waals surface area contributed by atoms with E-state index < -0.39 is 21.7 Å². The number of benzene rings is 2. The van der Waals surface area contributed by atoms with Crippen molar-refractivity contribution in [3.63, 3.8) is 0 Å². The molecule has 0 N–H and O–H groups in total. The van der Waals surface area contributed by atoms with Crippen molar-refractivity contribution < 1.29 is 21.9 Å². The van der Waals surface area contributed by atoms with E-state index in [1.807, 2.05) is 0 Å². The van der Waals surface area contributed by atoms with Gasteiger partial charge in [0.2, 0.25) is 10.0 Å². The zero-order chi connectivity index (χ0) is 18.6. The van der Waals surface area contributed by atoms with Crippen LogP contribution in [0.1, 0.15) is 0 Å². The lowest BCUT2D eigenvalue weighted by Gasteiger charge is -2.33. The number of piperazine rings is 1. The van der Waals surface area contributed by atoms with Crippen LogP contribution in [0.3, 0.4) is 0 Å². The maximum atomic E-state index is 13.5. The number of halogens is 2. The van der Waals surface area contributed by atoms with Gasteiger partial charge in [-0.25, -0.2) is 17.2 Å². The van der Waals surface area contributed by atoms with Crippen molar-refractivity contribution in [3.05, 3.63) is 60.2 Å². The van der Waals surface area contributed by atoms with E-state index in [-0.39, 0.29) is 10.6 Å². The number of hydrogen-bond donors (Lipinski definition) is 0. The molecule has 0 bridgehead atoms. The summed E-state index contributed by atoms with van der Waals surface area (Å²) >= 11 is 0. The van der Waals surface area contributed by atoms with E-state index in [2.05, 4.69) is 4.90 Å². The molecule has 1 fully saturated rings. The van der Waals surface area contributed by atoms with Crippen molar-refractivity contribution in [1.29, 1.82) is 0 Å². The van der Waals surface area contributed by atoms with Crippen LogP contribution in [0, 0.1) is 11.6 Å². The normalized spacial score (nSPS) is 16.5. The van der Waals surface area contributed by atoms with Gasteiger partial charge in [0.1, 0.15) is 12.4 Å². The van der Waals surface area contributed by atoms with Gasteiger partial charge in [-0.3, -0.25) is 4.90 Å². The molecule has 1 heterocycles. The van der Waals surface area contributed by atoms with E-state index in [1.54, 1.807) is 18.2 Å². The Morgan fingerprint density at radius 2 is 1.58 bits per heavy atom. The SMILES string of the molecule is O=S(=O)(c1ccc(F)cc1)N1CCN(CCOc2ccccc2F)CC1. The molecule has 1 aliphatic rings. The highest BCUT2D eigenvalue weighted by atomic mass is 32.2. The minimum atomic E-state index is -3.61. The molecule has 0 atom stereocenters. The minimum absolute atomic E-state index is 0.0928. The number of rotatable bonds is 6. The molecule has 0 aliphatic carbocycles. The predicted octanol–water partition coefficient (Wildman–Crippen LogP) is 2.35. The first-order valence-electron chi connectivity index (χ1n) is 8.32. The molecular formula is C18H20F2N2O3S. The van der Waals surface area contributed by atoms with Crippen LogP contribution in [0.5, 0.6) is 5.75 Å². The van der Waals surface area contributed by atoms with Crippen LogP contribution >= 0.6 is 0 Å². The summed E-state index contributed by atoms with van der Waals surface area (Å²) in [5, 5.41) is 0. The van der Waals surface area contributed by atoms with Gasteiger partial charge in [0.25, 0.3) is 0 Å². The fraction of sp³-hybridized carbons (Fsp3) is 0.333. The first-order valence-corrected chi connectivity index (χ1v) is 9.76. The lowest BCUT2D eigenvalue weighted by Crippen LogP contribution is -2.49. The molecule has 8 heteroatoms. The Bertz CT molecular complexity index is 836. The average molecular weight is 382 g/mol. The number of para-hydroxylation sites is 1. The van der Waals surface area contributed by atoms with Crippen LogP contribution < -0.4 is 4.74 Å². The minimum Gasteiger partial charge on any atom is -0.489 e. The smallest absolute Gasteiger partial charge is 0.243 e. The van der Waals surface area contributed by atoms with Gasteiger partial charge in [0.15, 0.2) is 11.6 Å². The summed E-state index contributed by atoms with van der Waals surface area (Å²) in [7, 11) is -3.61. The van der Waals surface area contributed by atoms with Gasteiger partial charge in [-0.05, 0) is 36.4 Å². The summed E-state index contributed by atoms with van der Waals surface area (Å²) in [4.78, 5) is 2.16. The molecule has 1 saturated heterocycles. The highest BCUT2D eigenvalue weighted by Crippen LogP contribution is 2.18. The number of sulfonamides is 1. The fourth-order valence-electron chi connectivity index (χ4n) is 2.80. The third kappa shape index (κ3) is 4.38. The molecule has 0 saturated carbocycles. The Labute approximate surface area is 151 Å². The van der Waals surface area contributed by atoms with E-state index in [1.165, 1.54) is 22.5 Å². The van der Waals surface area contributed by atoms with E-state index in [4.69, 9.17) is 4.74 Å². The second-order valence-corrected chi connectivity index (χ2v) is 7.92. The van der Waals surface area contributed by atoms with Crippen LogP contribution in [0.2, 0.25) is 0 Å². The van der Waals surface area contributed by atoms with E-state index in [0.29, 0.717) is 39.3 Å². The van der Waals surface area contributed by atoms with Crippen molar-refractivity contribution in [2.75, 3.05) is 39.3 Å². The maximum absolute atomic E-state index is 13.5. The lowest BCUT2D eigenvalue weighted by atomic mass is 10.3. The van der Waals surface area contributed by atoms with Crippen LogP contribution in [0.15, 0.2) is 53.4 Å². The van der Waals surface area contributed by atoms with Gasteiger partial charge in [0.05, 0.1) is 4.90 Å². The summed E-state index contributed by atoms with van der Waals surface area (Å²) in [6.45, 7) is 2.71.